The van der Waals surface area contributed by atoms with Crippen LogP contribution in [0, 0.1) is 6.92 Å². The van der Waals surface area contributed by atoms with Crippen LogP contribution in [0.2, 0.25) is 0 Å². The van der Waals surface area contributed by atoms with Crippen LogP contribution < -0.4 is 0 Å². The lowest BCUT2D eigenvalue weighted by atomic mass is 9.78. The molecule has 0 aliphatic carbocycles. The van der Waals surface area contributed by atoms with Crippen molar-refractivity contribution >= 4 is 32.0 Å². The number of hydrogen-bond donors (Lipinski definition) is 1. The Morgan fingerprint density at radius 1 is 0.973 bits per heavy atom. The fourth-order valence-electron chi connectivity index (χ4n) is 4.37. The predicted octanol–water partition coefficient (Wildman–Crippen LogP) is 3.06. The molecular formula is C24H43ClN2O8S2. The Hall–Kier alpha value is -0.830. The van der Waals surface area contributed by atoms with Crippen LogP contribution in [0.25, 0.3) is 0 Å². The third kappa shape index (κ3) is 12.3. The van der Waals surface area contributed by atoms with E-state index in [0.29, 0.717) is 25.9 Å². The Kier molecular flexibility index (Phi) is 12.5. The maximum atomic E-state index is 10.6. The minimum absolute atomic E-state index is 0.0229. The zero-order valence-corrected chi connectivity index (χ0v) is 25.3. The van der Waals surface area contributed by atoms with Gasteiger partial charge in [0.2, 0.25) is 0 Å². The van der Waals surface area contributed by atoms with E-state index in [9.17, 15) is 21.4 Å². The monoisotopic (exact) mass is 586 g/mol. The molecule has 1 aromatic rings. The summed E-state index contributed by atoms with van der Waals surface area (Å²) in [6.45, 7) is 12.8. The van der Waals surface area contributed by atoms with Crippen molar-refractivity contribution in [1.82, 2.24) is 4.42 Å². The second-order valence-corrected chi connectivity index (χ2v) is 14.5. The van der Waals surface area contributed by atoms with E-state index in [-0.39, 0.29) is 28.3 Å². The number of ether oxygens (including phenoxy) is 2. The molecule has 0 atom stereocenters. The smallest absolute Gasteiger partial charge is 0.267 e. The van der Waals surface area contributed by atoms with Crippen LogP contribution in [-0.2, 0) is 29.7 Å². The Bertz CT molecular complexity index is 1040. The SMILES string of the molecule is CC1(C)CC([N+](C)(C)CCOCCOCCS(=O)(=O)O)CC(C)(C)N1Cl.Cc1ccc(S(=O)(=O)[O-])cc1. The van der Waals surface area contributed by atoms with Crippen LogP contribution in [-0.4, -0.2) is 105 Å². The van der Waals surface area contributed by atoms with Crippen molar-refractivity contribution in [3.8, 4) is 0 Å². The number of nitrogens with zero attached hydrogens (tertiary/aromatic N) is 2. The molecule has 1 aliphatic rings. The molecule has 1 saturated heterocycles. The molecule has 0 aromatic heterocycles. The summed E-state index contributed by atoms with van der Waals surface area (Å²) in [6, 6.07) is 6.27. The summed E-state index contributed by atoms with van der Waals surface area (Å²) >= 11 is 6.57. The first-order chi connectivity index (χ1) is 16.7. The molecule has 1 N–H and O–H groups in total. The average molecular weight is 587 g/mol. The average Bonchev–Trinajstić information content (AvgIpc) is 2.72. The predicted molar refractivity (Wildman–Crippen MR) is 143 cm³/mol. The van der Waals surface area contributed by atoms with Gasteiger partial charge >= 0.3 is 0 Å². The largest absolute Gasteiger partial charge is 0.744 e. The highest BCUT2D eigenvalue weighted by Crippen LogP contribution is 2.42. The van der Waals surface area contributed by atoms with Crippen LogP contribution in [0.15, 0.2) is 29.2 Å². The number of piperidine rings is 1. The van der Waals surface area contributed by atoms with Crippen molar-refractivity contribution in [2.75, 3.05) is 52.8 Å². The Morgan fingerprint density at radius 3 is 1.86 bits per heavy atom. The molecule has 13 heteroatoms. The van der Waals surface area contributed by atoms with Crippen molar-refractivity contribution in [2.45, 2.75) is 69.5 Å². The highest BCUT2D eigenvalue weighted by Gasteiger charge is 2.49. The summed E-state index contributed by atoms with van der Waals surface area (Å²) in [5, 5.41) is 0. The first kappa shape index (κ1) is 34.2. The fourth-order valence-corrected chi connectivity index (χ4v) is 5.31. The minimum Gasteiger partial charge on any atom is -0.744 e. The molecule has 37 heavy (non-hydrogen) atoms. The third-order valence-corrected chi connectivity index (χ3v) is 8.95. The lowest BCUT2D eigenvalue weighted by molar-refractivity contribution is -0.918. The standard InChI is InChI=1S/C17H35ClN2O5S.C7H8O3S/c1-16(2)13-15(14-17(3,4)19(16)18)20(5,6)7-8-24-9-10-25-11-12-26(21,22)23;1-6-2-4-7(5-3-6)11(8,9)10/h15H,7-14H2,1-6H3;2-5H,1H3,(H,8,9,10). The van der Waals surface area contributed by atoms with Gasteiger partial charge in [0.25, 0.3) is 10.1 Å². The maximum absolute atomic E-state index is 10.6. The molecule has 0 radical (unpaired) electrons. The first-order valence-corrected chi connectivity index (χ1v) is 15.4. The molecule has 0 saturated carbocycles. The molecule has 10 nitrogen and oxygen atoms in total. The van der Waals surface area contributed by atoms with Crippen molar-refractivity contribution < 1.29 is 39.9 Å². The number of aryl methyl sites for hydroxylation is 1. The number of benzene rings is 1. The van der Waals surface area contributed by atoms with E-state index in [0.717, 1.165) is 29.4 Å². The van der Waals surface area contributed by atoms with Gasteiger partial charge in [0.15, 0.2) is 0 Å². The number of hydrogen-bond acceptors (Lipinski definition) is 8. The van der Waals surface area contributed by atoms with Crippen LogP contribution in [0.5, 0.6) is 0 Å². The van der Waals surface area contributed by atoms with Crippen LogP contribution in [0.3, 0.4) is 0 Å². The topological polar surface area (TPSA) is 133 Å². The number of likely N-dealkylation sites (N-methyl/N-ethyl adjacent to an activating group) is 1. The number of rotatable bonds is 11. The highest BCUT2D eigenvalue weighted by molar-refractivity contribution is 7.86. The van der Waals surface area contributed by atoms with Crippen molar-refractivity contribution in [3.05, 3.63) is 29.8 Å². The van der Waals surface area contributed by atoms with Crippen LogP contribution in [0.4, 0.5) is 0 Å². The zero-order chi connectivity index (χ0) is 28.7. The summed E-state index contributed by atoms with van der Waals surface area (Å²) in [7, 11) is -3.77. The quantitative estimate of drug-likeness (QED) is 0.180. The second-order valence-electron chi connectivity index (χ2n) is 11.2. The Labute approximate surface area is 228 Å². The van der Waals surface area contributed by atoms with Gasteiger partial charge in [-0.2, -0.15) is 8.42 Å². The summed E-state index contributed by atoms with van der Waals surface area (Å²) < 4.78 is 74.5. The van der Waals surface area contributed by atoms with Crippen molar-refractivity contribution in [3.63, 3.8) is 0 Å². The molecule has 1 fully saturated rings. The summed E-state index contributed by atoms with van der Waals surface area (Å²) in [4.78, 5) is -0.178. The van der Waals surface area contributed by atoms with Gasteiger partial charge in [0.05, 0.1) is 57.2 Å². The second kappa shape index (κ2) is 13.5. The fraction of sp³-hybridized carbons (Fsp3) is 0.750. The molecule has 1 aliphatic heterocycles. The molecule has 0 spiro atoms. The third-order valence-electron chi connectivity index (χ3n) is 6.50. The molecule has 0 amide bonds. The van der Waals surface area contributed by atoms with Crippen LogP contribution >= 0.6 is 11.8 Å². The molecule has 1 heterocycles. The van der Waals surface area contributed by atoms with E-state index in [1.54, 1.807) is 12.1 Å². The van der Waals surface area contributed by atoms with Gasteiger partial charge in [-0.25, -0.2) is 12.8 Å². The van der Waals surface area contributed by atoms with E-state index < -0.39 is 20.2 Å². The van der Waals surface area contributed by atoms with E-state index >= 15 is 0 Å². The Morgan fingerprint density at radius 2 is 1.43 bits per heavy atom. The zero-order valence-electron chi connectivity index (χ0n) is 22.9. The molecular weight excluding hydrogens is 544 g/mol. The van der Waals surface area contributed by atoms with Crippen molar-refractivity contribution in [1.29, 1.82) is 0 Å². The van der Waals surface area contributed by atoms with Gasteiger partial charge in [0.1, 0.15) is 16.7 Å². The van der Waals surface area contributed by atoms with Gasteiger partial charge in [-0.1, -0.05) is 17.7 Å². The van der Waals surface area contributed by atoms with Gasteiger partial charge in [-0.05, 0) is 58.5 Å². The molecule has 216 valence electrons. The molecule has 2 rings (SSSR count). The van der Waals surface area contributed by atoms with Crippen LogP contribution in [0.1, 0.15) is 46.1 Å². The lowest BCUT2D eigenvalue weighted by Crippen LogP contribution is -2.64. The molecule has 0 bridgehead atoms. The van der Waals surface area contributed by atoms with Gasteiger partial charge in [0, 0.05) is 23.9 Å². The van der Waals surface area contributed by atoms with Crippen molar-refractivity contribution in [2.24, 2.45) is 0 Å². The minimum atomic E-state index is -4.27. The molecule has 0 unspecified atom stereocenters. The number of halogens is 1. The summed E-state index contributed by atoms with van der Waals surface area (Å²) in [5.74, 6) is -0.387. The molecule has 1 aromatic carbocycles. The lowest BCUT2D eigenvalue weighted by Gasteiger charge is -2.54. The number of quaternary nitrogens is 1. The summed E-state index contributed by atoms with van der Waals surface area (Å²) in [6.07, 6.45) is 2.04. The first-order valence-electron chi connectivity index (χ1n) is 12.1. The maximum Gasteiger partial charge on any atom is 0.267 e. The van der Waals surface area contributed by atoms with Gasteiger partial charge in [-0.15, -0.1) is 0 Å². The van der Waals surface area contributed by atoms with E-state index in [4.69, 9.17) is 25.8 Å². The van der Waals surface area contributed by atoms with E-state index in [2.05, 4.69) is 41.8 Å². The Balaban J connectivity index is 0.000000516. The van der Waals surface area contributed by atoms with E-state index in [1.165, 1.54) is 12.1 Å². The van der Waals surface area contributed by atoms with Gasteiger partial charge in [-0.3, -0.25) is 4.55 Å². The summed E-state index contributed by atoms with van der Waals surface area (Å²) in [5.41, 5.74) is 0.800. The van der Waals surface area contributed by atoms with Gasteiger partial charge < -0.3 is 18.5 Å². The van der Waals surface area contributed by atoms with E-state index in [1.807, 2.05) is 11.3 Å². The normalized spacial score (nSPS) is 18.8. The highest BCUT2D eigenvalue weighted by atomic mass is 35.5.